The maximum atomic E-state index is 6.04. The number of nitrogens with zero attached hydrogens (tertiary/aromatic N) is 6. The van der Waals surface area contributed by atoms with Crippen LogP contribution in [0.1, 0.15) is 24.4 Å². The fourth-order valence-corrected chi connectivity index (χ4v) is 3.07. The molecule has 0 aromatic carbocycles. The molecule has 119 valence electrons. The van der Waals surface area contributed by atoms with E-state index in [4.69, 9.17) is 11.5 Å². The van der Waals surface area contributed by atoms with E-state index < -0.39 is 0 Å². The topological polar surface area (TPSA) is 121 Å². The molecule has 9 heteroatoms. The second-order valence-electron chi connectivity index (χ2n) is 5.32. The summed E-state index contributed by atoms with van der Waals surface area (Å²) in [5.41, 5.74) is 13.4. The maximum Gasteiger partial charge on any atom is 0.139 e. The van der Waals surface area contributed by atoms with Crippen LogP contribution in [0, 0.1) is 0 Å². The summed E-state index contributed by atoms with van der Waals surface area (Å²) in [4.78, 5) is 14.9. The summed E-state index contributed by atoms with van der Waals surface area (Å²) >= 11 is 0. The molecular formula is C14H15N8Re-. The van der Waals surface area contributed by atoms with Crippen molar-refractivity contribution in [1.29, 1.82) is 0 Å². The van der Waals surface area contributed by atoms with Gasteiger partial charge in [-0.15, -0.1) is 0 Å². The van der Waals surface area contributed by atoms with Crippen LogP contribution in [0.15, 0.2) is 24.5 Å². The smallest absolute Gasteiger partial charge is 0.139 e. The average molecular weight is 482 g/mol. The van der Waals surface area contributed by atoms with E-state index in [9.17, 15) is 0 Å². The normalized spacial score (nSPS) is 17.4. The van der Waals surface area contributed by atoms with Gasteiger partial charge in [0.2, 0.25) is 0 Å². The summed E-state index contributed by atoms with van der Waals surface area (Å²) in [6.45, 7) is 0.871. The van der Waals surface area contributed by atoms with Gasteiger partial charge in [-0.25, -0.2) is 9.97 Å². The predicted octanol–water partition coefficient (Wildman–Crippen LogP) is 0.880. The van der Waals surface area contributed by atoms with E-state index in [2.05, 4.69) is 30.0 Å². The van der Waals surface area contributed by atoms with Gasteiger partial charge in [-0.2, -0.15) is 0 Å². The van der Waals surface area contributed by atoms with Gasteiger partial charge >= 0.3 is 0 Å². The molecule has 1 aliphatic rings. The van der Waals surface area contributed by atoms with Crippen molar-refractivity contribution < 1.29 is 20.4 Å². The zero-order valence-electron chi connectivity index (χ0n) is 12.2. The third kappa shape index (κ3) is 2.62. The van der Waals surface area contributed by atoms with Crippen LogP contribution >= 0.6 is 0 Å². The van der Waals surface area contributed by atoms with E-state index in [-0.39, 0.29) is 32.4 Å². The van der Waals surface area contributed by atoms with Crippen LogP contribution < -0.4 is 21.5 Å². The Labute approximate surface area is 146 Å². The monoisotopic (exact) mass is 482 g/mol. The Hall–Kier alpha value is -2.24. The molecule has 1 fully saturated rings. The summed E-state index contributed by atoms with van der Waals surface area (Å²) in [6, 6.07) is 4.04. The zero-order valence-corrected chi connectivity index (χ0v) is 14.9. The van der Waals surface area contributed by atoms with E-state index in [1.165, 1.54) is 0 Å². The van der Waals surface area contributed by atoms with Crippen LogP contribution in [0.3, 0.4) is 0 Å². The van der Waals surface area contributed by atoms with Gasteiger partial charge in [-0.05, 0) is 24.6 Å². The van der Waals surface area contributed by atoms with Crippen molar-refractivity contribution in [3.63, 3.8) is 0 Å². The van der Waals surface area contributed by atoms with Crippen LogP contribution in [0.4, 0.5) is 17.6 Å². The van der Waals surface area contributed by atoms with Gasteiger partial charge in [-0.3, -0.25) is 5.10 Å². The van der Waals surface area contributed by atoms with Crippen LogP contribution in [0.25, 0.3) is 11.0 Å². The summed E-state index contributed by atoms with van der Waals surface area (Å²) in [5.74, 6) is 1.52. The average Bonchev–Trinajstić information content (AvgIpc) is 3.15. The molecule has 0 aliphatic carbocycles. The Kier molecular flexibility index (Phi) is 4.15. The molecule has 3 aromatic rings. The summed E-state index contributed by atoms with van der Waals surface area (Å²) in [7, 11) is 0. The summed E-state index contributed by atoms with van der Waals surface area (Å²) in [6.07, 6.45) is 5.41. The van der Waals surface area contributed by atoms with Crippen molar-refractivity contribution in [2.45, 2.75) is 18.9 Å². The fourth-order valence-electron chi connectivity index (χ4n) is 3.07. The van der Waals surface area contributed by atoms with E-state index in [1.54, 1.807) is 12.4 Å². The number of nitrogens with two attached hydrogens (primary N) is 2. The fraction of sp³-hybridized carbons (Fsp3) is 0.286. The molecular weight excluding hydrogens is 466 g/mol. The Morgan fingerprint density at radius 1 is 1.26 bits per heavy atom. The van der Waals surface area contributed by atoms with Gasteiger partial charge in [0.15, 0.2) is 0 Å². The molecule has 0 spiro atoms. The van der Waals surface area contributed by atoms with Crippen LogP contribution in [-0.2, 0) is 20.4 Å². The van der Waals surface area contributed by atoms with Crippen molar-refractivity contribution >= 4 is 28.6 Å². The second-order valence-corrected chi connectivity index (χ2v) is 5.32. The number of aromatic nitrogens is 5. The number of pyridine rings is 1. The van der Waals surface area contributed by atoms with Gasteiger partial charge < -0.3 is 26.4 Å². The van der Waals surface area contributed by atoms with Crippen LogP contribution in [0.5, 0.6) is 0 Å². The van der Waals surface area contributed by atoms with Gasteiger partial charge in [0.05, 0.1) is 6.04 Å². The summed E-state index contributed by atoms with van der Waals surface area (Å²) < 4.78 is 0. The van der Waals surface area contributed by atoms with E-state index >= 15 is 0 Å². The van der Waals surface area contributed by atoms with Gasteiger partial charge in [0.25, 0.3) is 0 Å². The Bertz CT molecular complexity index is 833. The molecule has 4 rings (SSSR count). The minimum atomic E-state index is 0. The first-order chi connectivity index (χ1) is 10.7. The van der Waals surface area contributed by atoms with Crippen LogP contribution in [-0.4, -0.2) is 26.6 Å². The molecule has 0 saturated carbocycles. The number of hydrogen-bond acceptors (Lipinski definition) is 7. The van der Waals surface area contributed by atoms with Crippen LogP contribution in [0.2, 0.25) is 0 Å². The minimum Gasteiger partial charge on any atom is -0.403 e. The third-order valence-corrected chi connectivity index (χ3v) is 4.02. The van der Waals surface area contributed by atoms with E-state index in [0.717, 1.165) is 36.2 Å². The first-order valence-corrected chi connectivity index (χ1v) is 7.12. The molecule has 8 nitrogen and oxygen atoms in total. The Morgan fingerprint density at radius 3 is 2.96 bits per heavy atom. The van der Waals surface area contributed by atoms with Gasteiger partial charge in [0, 0.05) is 50.3 Å². The predicted molar refractivity (Wildman–Crippen MR) is 83.0 cm³/mol. The first kappa shape index (κ1) is 15.7. The molecule has 1 aliphatic heterocycles. The molecule has 1 saturated heterocycles. The SMILES string of the molecule is Nc1nc(N2CCCC2c2cccnc2N)c2cn[n-]c2n1.[Re]. The molecule has 4 heterocycles. The Balaban J connectivity index is 0.00000156. The first-order valence-electron chi connectivity index (χ1n) is 7.12. The number of nitrogen functional groups attached to an aromatic ring is 2. The molecule has 0 amide bonds. The van der Waals surface area contributed by atoms with Crippen molar-refractivity contribution in [2.24, 2.45) is 0 Å². The van der Waals surface area contributed by atoms with Gasteiger partial charge in [-0.1, -0.05) is 6.07 Å². The molecule has 1 unspecified atom stereocenters. The Morgan fingerprint density at radius 2 is 2.13 bits per heavy atom. The largest absolute Gasteiger partial charge is 0.403 e. The quantitative estimate of drug-likeness (QED) is 0.554. The standard InChI is InChI=1S/C14H15N8.Re/c15-11-8(3-1-5-17-11)10-4-2-6-22(10)13-9-7-18-21-12(9)19-14(16)20-13;/h1,3,5,7,10H,2,4,6H2,(H4-,15,16,17,18,19,20,21);/q-1;. The molecule has 3 aromatic heterocycles. The zero-order chi connectivity index (χ0) is 15.1. The third-order valence-electron chi connectivity index (χ3n) is 4.02. The molecule has 0 bridgehead atoms. The minimum absolute atomic E-state index is 0. The van der Waals surface area contributed by atoms with Gasteiger partial charge in [0.1, 0.15) is 17.6 Å². The van der Waals surface area contributed by atoms with E-state index in [1.807, 2.05) is 12.1 Å². The van der Waals surface area contributed by atoms with Crippen molar-refractivity contribution in [3.05, 3.63) is 30.1 Å². The van der Waals surface area contributed by atoms with Crippen molar-refractivity contribution in [3.8, 4) is 0 Å². The maximum absolute atomic E-state index is 6.04. The van der Waals surface area contributed by atoms with Crippen molar-refractivity contribution in [2.75, 3.05) is 22.9 Å². The number of anilines is 3. The molecule has 4 N–H and O–H groups in total. The number of fused-ring (bicyclic) bond motifs is 1. The number of hydrogen-bond donors (Lipinski definition) is 2. The second kappa shape index (κ2) is 6.10. The molecule has 23 heavy (non-hydrogen) atoms. The van der Waals surface area contributed by atoms with Crippen molar-refractivity contribution in [1.82, 2.24) is 25.1 Å². The summed E-state index contributed by atoms with van der Waals surface area (Å²) in [5, 5.41) is 8.71. The molecule has 1 radical (unpaired) electrons. The number of rotatable bonds is 2. The van der Waals surface area contributed by atoms with E-state index in [0.29, 0.717) is 11.5 Å². The molecule has 1 atom stereocenters.